The molecule has 0 bridgehead atoms. The highest BCUT2D eigenvalue weighted by Crippen LogP contribution is 2.00. The molecule has 0 fully saturated rings. The summed E-state index contributed by atoms with van der Waals surface area (Å²) in [6, 6.07) is -2.07. The van der Waals surface area contributed by atoms with Gasteiger partial charge >= 0.3 is 0 Å². The molecule has 0 spiro atoms. The van der Waals surface area contributed by atoms with Gasteiger partial charge in [-0.05, 0) is 5.53 Å². The van der Waals surface area contributed by atoms with Gasteiger partial charge in [-0.25, -0.2) is 0 Å². The highest BCUT2D eigenvalue weighted by molar-refractivity contribution is 5.78. The number of aliphatic hydroxyl groups excluding tert-OH is 4. The first-order valence-electron chi connectivity index (χ1n) is 22.4. The van der Waals surface area contributed by atoms with Gasteiger partial charge in [0.25, 0.3) is 0 Å². The topological polar surface area (TPSA) is 398 Å². The van der Waals surface area contributed by atoms with Crippen LogP contribution in [0.3, 0.4) is 0 Å². The SMILES string of the molecule is [N-]=[N+]=NCCOCCC(=O)NC(COCCC(=O)NC(COCCC(=O)NCCO)COCCC(=O)NCCO)COCCC(=O)NC(COCCC(=O)NCCO)COCCC(=O)NCCO. The number of azide groups is 1. The Morgan fingerprint density at radius 1 is 0.382 bits per heavy atom. The Morgan fingerprint density at radius 3 is 0.853 bits per heavy atom. The molecule has 0 aromatic rings. The summed E-state index contributed by atoms with van der Waals surface area (Å²) in [5.74, 6) is -2.61. The van der Waals surface area contributed by atoms with Gasteiger partial charge in [0.05, 0.1) is 137 Å². The maximum atomic E-state index is 12.9. The van der Waals surface area contributed by atoms with Crippen molar-refractivity contribution in [3.63, 3.8) is 0 Å². The van der Waals surface area contributed by atoms with E-state index in [2.05, 4.69) is 47.2 Å². The van der Waals surface area contributed by atoms with E-state index in [0.717, 1.165) is 0 Å². The average Bonchev–Trinajstić information content (AvgIpc) is 3.32. The molecule has 0 radical (unpaired) electrons. The van der Waals surface area contributed by atoms with E-state index >= 15 is 0 Å². The highest BCUT2D eigenvalue weighted by atomic mass is 16.5. The quantitative estimate of drug-likeness (QED) is 0.0118. The Kier molecular flexibility index (Phi) is 42.6. The third-order valence-electron chi connectivity index (χ3n) is 8.46. The summed E-state index contributed by atoms with van der Waals surface area (Å²) in [5.41, 5.74) is 8.41. The number of ether oxygens (including phenoxy) is 7. The molecule has 68 heavy (non-hydrogen) atoms. The molecular weight excluding hydrogens is 908 g/mol. The number of rotatable bonds is 47. The number of hydrogen-bond donors (Lipinski definition) is 11. The molecule has 0 aromatic carbocycles. The first kappa shape index (κ1) is 63.2. The molecular formula is C40H74N10O18. The third kappa shape index (κ3) is 41.4. The monoisotopic (exact) mass is 983 g/mol. The summed E-state index contributed by atoms with van der Waals surface area (Å²) in [7, 11) is 0. The van der Waals surface area contributed by atoms with Gasteiger partial charge in [-0.1, -0.05) is 5.11 Å². The van der Waals surface area contributed by atoms with Gasteiger partial charge in [0.15, 0.2) is 0 Å². The number of aliphatic hydroxyl groups is 4. The lowest BCUT2D eigenvalue weighted by atomic mass is 10.3. The van der Waals surface area contributed by atoms with E-state index in [4.69, 9.17) is 59.1 Å². The molecule has 0 aliphatic rings. The van der Waals surface area contributed by atoms with E-state index in [1.54, 1.807) is 0 Å². The predicted octanol–water partition coefficient (Wildman–Crippen LogP) is -4.97. The molecule has 0 rings (SSSR count). The van der Waals surface area contributed by atoms with Crippen molar-refractivity contribution in [3.8, 4) is 0 Å². The molecule has 0 unspecified atom stereocenters. The van der Waals surface area contributed by atoms with E-state index < -0.39 is 35.8 Å². The van der Waals surface area contributed by atoms with Crippen LogP contribution in [0.2, 0.25) is 0 Å². The number of nitrogens with zero attached hydrogens (tertiary/aromatic N) is 3. The molecule has 0 saturated carbocycles. The third-order valence-corrected chi connectivity index (χ3v) is 8.46. The van der Waals surface area contributed by atoms with E-state index in [1.807, 2.05) is 0 Å². The Hall–Kier alpha value is -4.84. The molecule has 0 atom stereocenters. The standard InChI is InChI=1S/C40H74N10O18/c41-50-46-12-24-62-17-5-38(59)47-33(29-67-22-6-39(60)48-31(25-63-18-1-34(55)42-8-13-51)26-64-19-2-35(56)43-9-14-52)30-68-23-7-40(61)49-32(27-65-20-3-36(57)44-10-15-53)28-66-21-4-37(58)45-11-16-54/h31-33,51-54H,1-30H2,(H,42,55)(H,43,56)(H,44,57)(H,45,58)(H,47,59)(H,48,60)(H,49,61). The van der Waals surface area contributed by atoms with Gasteiger partial charge in [0.2, 0.25) is 41.4 Å². The van der Waals surface area contributed by atoms with E-state index in [0.29, 0.717) is 0 Å². The van der Waals surface area contributed by atoms with Crippen molar-refractivity contribution in [2.45, 2.75) is 63.1 Å². The van der Waals surface area contributed by atoms with Crippen molar-refractivity contribution in [2.24, 2.45) is 5.11 Å². The van der Waals surface area contributed by atoms with Crippen LogP contribution in [0.1, 0.15) is 44.9 Å². The molecule has 0 aliphatic carbocycles. The maximum absolute atomic E-state index is 12.9. The second-order valence-electron chi connectivity index (χ2n) is 14.4. The summed E-state index contributed by atoms with van der Waals surface area (Å²) in [6.45, 7) is -0.587. The number of carbonyl (C=O) groups excluding carboxylic acids is 7. The van der Waals surface area contributed by atoms with Crippen LogP contribution >= 0.6 is 0 Å². The number of hydrogen-bond acceptors (Lipinski definition) is 19. The second kappa shape index (κ2) is 45.9. The number of carbonyl (C=O) groups is 7. The van der Waals surface area contributed by atoms with Gasteiger partial charge in [-0.15, -0.1) is 0 Å². The molecule has 392 valence electrons. The summed E-state index contributed by atoms with van der Waals surface area (Å²) >= 11 is 0. The van der Waals surface area contributed by atoms with Crippen LogP contribution in [-0.4, -0.2) is 232 Å². The van der Waals surface area contributed by atoms with E-state index in [9.17, 15) is 33.6 Å². The van der Waals surface area contributed by atoms with Crippen molar-refractivity contribution in [3.05, 3.63) is 10.4 Å². The number of nitrogens with one attached hydrogen (secondary N) is 7. The summed E-state index contributed by atoms with van der Waals surface area (Å²) in [4.78, 5) is 88.5. The largest absolute Gasteiger partial charge is 0.395 e. The summed E-state index contributed by atoms with van der Waals surface area (Å²) in [6.07, 6.45) is -0.228. The Labute approximate surface area is 395 Å². The lowest BCUT2D eigenvalue weighted by Gasteiger charge is -2.21. The minimum atomic E-state index is -0.728. The predicted molar refractivity (Wildman–Crippen MR) is 238 cm³/mol. The zero-order chi connectivity index (χ0) is 50.3. The fraction of sp³-hybridized carbons (Fsp3) is 0.825. The highest BCUT2D eigenvalue weighted by Gasteiger charge is 2.18. The van der Waals surface area contributed by atoms with Gasteiger partial charge in [0.1, 0.15) is 0 Å². The normalized spacial score (nSPS) is 11.0. The maximum Gasteiger partial charge on any atom is 0.222 e. The van der Waals surface area contributed by atoms with Crippen molar-refractivity contribution in [2.75, 3.05) is 152 Å². The molecule has 0 aromatic heterocycles. The van der Waals surface area contributed by atoms with Crippen molar-refractivity contribution in [1.82, 2.24) is 37.2 Å². The zero-order valence-corrected chi connectivity index (χ0v) is 38.8. The van der Waals surface area contributed by atoms with Gasteiger partial charge in [-0.3, -0.25) is 33.6 Å². The van der Waals surface area contributed by atoms with Crippen molar-refractivity contribution in [1.29, 1.82) is 0 Å². The molecule has 28 heteroatoms. The Morgan fingerprint density at radius 2 is 0.618 bits per heavy atom. The van der Waals surface area contributed by atoms with Crippen molar-refractivity contribution < 1.29 is 87.1 Å². The van der Waals surface area contributed by atoms with Gasteiger partial charge in [-0.2, -0.15) is 0 Å². The van der Waals surface area contributed by atoms with E-state index in [-0.39, 0.29) is 220 Å². The molecule has 28 nitrogen and oxygen atoms in total. The molecule has 0 aliphatic heterocycles. The molecule has 11 N–H and O–H groups in total. The van der Waals surface area contributed by atoms with E-state index in [1.165, 1.54) is 0 Å². The zero-order valence-electron chi connectivity index (χ0n) is 38.8. The average molecular weight is 983 g/mol. The van der Waals surface area contributed by atoms with Crippen LogP contribution in [0.4, 0.5) is 0 Å². The molecule has 7 amide bonds. The van der Waals surface area contributed by atoms with Crippen LogP contribution in [0.5, 0.6) is 0 Å². The Bertz CT molecular complexity index is 1290. The van der Waals surface area contributed by atoms with Crippen molar-refractivity contribution >= 4 is 41.4 Å². The lowest BCUT2D eigenvalue weighted by molar-refractivity contribution is -0.127. The first-order valence-corrected chi connectivity index (χ1v) is 22.4. The molecule has 0 heterocycles. The minimum absolute atomic E-state index is 0.0135. The van der Waals surface area contributed by atoms with Crippen LogP contribution in [0.25, 0.3) is 10.4 Å². The van der Waals surface area contributed by atoms with Gasteiger partial charge in [0, 0.05) is 82.6 Å². The fourth-order valence-electron chi connectivity index (χ4n) is 5.19. The number of amides is 7. The minimum Gasteiger partial charge on any atom is -0.395 e. The second-order valence-corrected chi connectivity index (χ2v) is 14.4. The first-order chi connectivity index (χ1) is 33.0. The van der Waals surface area contributed by atoms with Gasteiger partial charge < -0.3 is 90.8 Å². The van der Waals surface area contributed by atoms with Crippen LogP contribution in [0.15, 0.2) is 5.11 Å². The summed E-state index contributed by atoms with van der Waals surface area (Å²) < 4.78 is 39.0. The fourth-order valence-corrected chi connectivity index (χ4v) is 5.19. The van der Waals surface area contributed by atoms with Crippen LogP contribution < -0.4 is 37.2 Å². The van der Waals surface area contributed by atoms with Crippen LogP contribution in [-0.2, 0) is 66.7 Å². The molecule has 0 saturated heterocycles. The summed E-state index contributed by atoms with van der Waals surface area (Å²) in [5, 5.41) is 57.2. The van der Waals surface area contributed by atoms with Crippen LogP contribution in [0, 0.1) is 0 Å². The Balaban J connectivity index is 5.31. The smallest absolute Gasteiger partial charge is 0.222 e. The lowest BCUT2D eigenvalue weighted by Crippen LogP contribution is -2.44.